The summed E-state index contributed by atoms with van der Waals surface area (Å²) < 4.78 is 23.3. The maximum absolute atomic E-state index is 11.6. The smallest absolute Gasteiger partial charge is 0.151 e. The Bertz CT molecular complexity index is 355. The molecule has 17 heavy (non-hydrogen) atoms. The summed E-state index contributed by atoms with van der Waals surface area (Å²) in [6.45, 7) is 5.62. The molecular weight excluding hydrogens is 236 g/mol. The average molecular weight is 260 g/mol. The monoisotopic (exact) mass is 260 g/mol. The molecule has 5 heteroatoms. The van der Waals surface area contributed by atoms with Gasteiger partial charge in [0.25, 0.3) is 0 Å². The molecule has 1 atom stereocenters. The van der Waals surface area contributed by atoms with Crippen LogP contribution in [-0.4, -0.2) is 26.0 Å². The van der Waals surface area contributed by atoms with Gasteiger partial charge in [0.05, 0.1) is 23.0 Å². The summed E-state index contributed by atoms with van der Waals surface area (Å²) >= 11 is 0. The van der Waals surface area contributed by atoms with Crippen LogP contribution in [0.4, 0.5) is 0 Å². The van der Waals surface area contributed by atoms with Crippen LogP contribution in [0.15, 0.2) is 0 Å². The molecule has 0 fully saturated rings. The largest absolute Gasteiger partial charge is 0.327 e. The molecule has 0 rings (SSSR count). The number of nitrogens with zero attached hydrogens (tertiary/aromatic N) is 1. The molecule has 0 bridgehead atoms. The molecule has 0 saturated carbocycles. The van der Waals surface area contributed by atoms with Gasteiger partial charge in [0.1, 0.15) is 0 Å². The Morgan fingerprint density at radius 2 is 1.94 bits per heavy atom. The number of rotatable bonds is 8. The number of sulfone groups is 1. The van der Waals surface area contributed by atoms with Crippen molar-refractivity contribution in [2.24, 2.45) is 11.1 Å². The van der Waals surface area contributed by atoms with Crippen molar-refractivity contribution in [3.05, 3.63) is 0 Å². The first-order valence-electron chi connectivity index (χ1n) is 6.09. The van der Waals surface area contributed by atoms with Gasteiger partial charge in [0, 0.05) is 6.04 Å². The maximum Gasteiger partial charge on any atom is 0.151 e. The van der Waals surface area contributed by atoms with E-state index in [-0.39, 0.29) is 23.0 Å². The third kappa shape index (κ3) is 8.17. The Labute approximate surface area is 105 Å². The van der Waals surface area contributed by atoms with Crippen molar-refractivity contribution >= 4 is 9.84 Å². The molecule has 0 saturated heterocycles. The molecule has 0 aromatic heterocycles. The summed E-state index contributed by atoms with van der Waals surface area (Å²) in [7, 11) is -3.03. The summed E-state index contributed by atoms with van der Waals surface area (Å²) in [5.41, 5.74) is 5.27. The van der Waals surface area contributed by atoms with Gasteiger partial charge in [-0.1, -0.05) is 13.3 Å². The van der Waals surface area contributed by atoms with Crippen LogP contribution in [0.5, 0.6) is 0 Å². The van der Waals surface area contributed by atoms with Crippen LogP contribution in [-0.2, 0) is 9.84 Å². The van der Waals surface area contributed by atoms with Crippen molar-refractivity contribution in [2.45, 2.75) is 52.5 Å². The van der Waals surface area contributed by atoms with Gasteiger partial charge >= 0.3 is 0 Å². The van der Waals surface area contributed by atoms with Crippen molar-refractivity contribution < 1.29 is 8.42 Å². The van der Waals surface area contributed by atoms with E-state index >= 15 is 0 Å². The van der Waals surface area contributed by atoms with E-state index in [1.165, 1.54) is 0 Å². The predicted molar refractivity (Wildman–Crippen MR) is 70.2 cm³/mol. The molecule has 0 aliphatic carbocycles. The number of hydrogen-bond donors (Lipinski definition) is 1. The number of nitriles is 1. The highest BCUT2D eigenvalue weighted by Crippen LogP contribution is 2.21. The first-order valence-corrected chi connectivity index (χ1v) is 7.92. The topological polar surface area (TPSA) is 84.0 Å². The highest BCUT2D eigenvalue weighted by Gasteiger charge is 2.18. The standard InChI is InChI=1S/C12H24N2O2S/c1-4-11(14)9-17(15,16)8-6-5-7-12(2,3)10-13/h11H,4-9,14H2,1-3H3. The number of unbranched alkanes of at least 4 members (excludes halogenated alkanes) is 1. The minimum absolute atomic E-state index is 0.0745. The van der Waals surface area contributed by atoms with E-state index in [2.05, 4.69) is 6.07 Å². The van der Waals surface area contributed by atoms with Crippen LogP contribution in [0.2, 0.25) is 0 Å². The number of nitrogens with two attached hydrogens (primary N) is 1. The van der Waals surface area contributed by atoms with Gasteiger partial charge in [-0.15, -0.1) is 0 Å². The summed E-state index contributed by atoms with van der Waals surface area (Å²) in [4.78, 5) is 0. The van der Waals surface area contributed by atoms with Gasteiger partial charge in [0.15, 0.2) is 9.84 Å². The Kier molecular flexibility index (Phi) is 6.73. The predicted octanol–water partition coefficient (Wildman–Crippen LogP) is 1.86. The lowest BCUT2D eigenvalue weighted by Crippen LogP contribution is -2.30. The van der Waals surface area contributed by atoms with E-state index in [1.54, 1.807) is 0 Å². The third-order valence-corrected chi connectivity index (χ3v) is 4.65. The van der Waals surface area contributed by atoms with Crippen molar-refractivity contribution in [1.82, 2.24) is 0 Å². The van der Waals surface area contributed by atoms with E-state index < -0.39 is 9.84 Å². The van der Waals surface area contributed by atoms with Crippen LogP contribution in [0, 0.1) is 16.7 Å². The van der Waals surface area contributed by atoms with Crippen LogP contribution in [0.1, 0.15) is 46.5 Å². The minimum atomic E-state index is -3.03. The van der Waals surface area contributed by atoms with Gasteiger partial charge in [-0.25, -0.2) is 8.42 Å². The Balaban J connectivity index is 3.94. The van der Waals surface area contributed by atoms with E-state index in [1.807, 2.05) is 20.8 Å². The fraction of sp³-hybridized carbons (Fsp3) is 0.917. The second-order valence-corrected chi connectivity index (χ2v) is 7.46. The molecule has 4 nitrogen and oxygen atoms in total. The summed E-state index contributed by atoms with van der Waals surface area (Å²) in [5.74, 6) is 0.257. The summed E-state index contributed by atoms with van der Waals surface area (Å²) in [6.07, 6.45) is 2.80. The van der Waals surface area contributed by atoms with E-state index in [0.717, 1.165) is 12.8 Å². The molecule has 0 radical (unpaired) electrons. The molecular formula is C12H24N2O2S. The normalized spacial score (nSPS) is 14.3. The Hall–Kier alpha value is -0.600. The summed E-state index contributed by atoms with van der Waals surface area (Å²) in [5, 5.41) is 8.82. The second-order valence-electron chi connectivity index (χ2n) is 5.24. The van der Waals surface area contributed by atoms with E-state index in [9.17, 15) is 8.42 Å². The Morgan fingerprint density at radius 1 is 1.35 bits per heavy atom. The van der Waals surface area contributed by atoms with Crippen molar-refractivity contribution in [2.75, 3.05) is 11.5 Å². The zero-order valence-corrected chi connectivity index (χ0v) is 11.9. The molecule has 0 aromatic carbocycles. The molecule has 100 valence electrons. The van der Waals surface area contributed by atoms with Crippen LogP contribution < -0.4 is 5.73 Å². The third-order valence-electron chi connectivity index (χ3n) is 2.80. The molecule has 0 aliphatic heterocycles. The molecule has 0 heterocycles. The lowest BCUT2D eigenvalue weighted by molar-refractivity contribution is 0.431. The van der Waals surface area contributed by atoms with E-state index in [0.29, 0.717) is 12.8 Å². The molecule has 0 aliphatic rings. The fourth-order valence-corrected chi connectivity index (χ4v) is 3.17. The zero-order valence-electron chi connectivity index (χ0n) is 11.1. The first kappa shape index (κ1) is 16.4. The lowest BCUT2D eigenvalue weighted by atomic mass is 9.89. The van der Waals surface area contributed by atoms with Crippen molar-refractivity contribution in [1.29, 1.82) is 5.26 Å². The lowest BCUT2D eigenvalue weighted by Gasteiger charge is -2.14. The first-order chi connectivity index (χ1) is 7.72. The van der Waals surface area contributed by atoms with Crippen molar-refractivity contribution in [3.8, 4) is 6.07 Å². The van der Waals surface area contributed by atoms with Crippen LogP contribution >= 0.6 is 0 Å². The van der Waals surface area contributed by atoms with Crippen LogP contribution in [0.25, 0.3) is 0 Å². The van der Waals surface area contributed by atoms with Crippen molar-refractivity contribution in [3.63, 3.8) is 0 Å². The van der Waals surface area contributed by atoms with Gasteiger partial charge in [-0.2, -0.15) is 5.26 Å². The molecule has 0 amide bonds. The molecule has 0 aromatic rings. The minimum Gasteiger partial charge on any atom is -0.327 e. The Morgan fingerprint density at radius 3 is 2.41 bits per heavy atom. The average Bonchev–Trinajstić information content (AvgIpc) is 2.24. The molecule has 1 unspecified atom stereocenters. The quantitative estimate of drug-likeness (QED) is 0.675. The zero-order chi connectivity index (χ0) is 13.5. The second kappa shape index (κ2) is 6.97. The van der Waals surface area contributed by atoms with Crippen LogP contribution in [0.3, 0.4) is 0 Å². The highest BCUT2D eigenvalue weighted by atomic mass is 32.2. The van der Waals surface area contributed by atoms with Gasteiger partial charge in [0.2, 0.25) is 0 Å². The van der Waals surface area contributed by atoms with E-state index in [4.69, 9.17) is 11.0 Å². The highest BCUT2D eigenvalue weighted by molar-refractivity contribution is 7.91. The summed E-state index contributed by atoms with van der Waals surface area (Å²) in [6, 6.07) is 1.96. The van der Waals surface area contributed by atoms with Gasteiger partial charge in [-0.05, 0) is 33.1 Å². The maximum atomic E-state index is 11.6. The van der Waals surface area contributed by atoms with Gasteiger partial charge in [-0.3, -0.25) is 0 Å². The molecule has 2 N–H and O–H groups in total. The number of hydrogen-bond acceptors (Lipinski definition) is 4. The van der Waals surface area contributed by atoms with Gasteiger partial charge < -0.3 is 5.73 Å². The molecule has 0 spiro atoms. The fourth-order valence-electron chi connectivity index (χ4n) is 1.47. The SMILES string of the molecule is CCC(N)CS(=O)(=O)CCCCC(C)(C)C#N.